The molecular formula is C13H18BrNO. The van der Waals surface area contributed by atoms with Gasteiger partial charge in [-0.25, -0.2) is 0 Å². The fourth-order valence-electron chi connectivity index (χ4n) is 1.40. The predicted octanol–water partition coefficient (Wildman–Crippen LogP) is 3.08. The molecule has 1 rings (SSSR count). The van der Waals surface area contributed by atoms with E-state index in [9.17, 15) is 4.79 Å². The van der Waals surface area contributed by atoms with Gasteiger partial charge in [-0.2, -0.15) is 0 Å². The maximum Gasteiger partial charge on any atom is 0.137 e. The third kappa shape index (κ3) is 4.90. The molecule has 0 aliphatic rings. The highest BCUT2D eigenvalue weighted by atomic mass is 79.9. The van der Waals surface area contributed by atoms with E-state index in [4.69, 9.17) is 5.73 Å². The summed E-state index contributed by atoms with van der Waals surface area (Å²) in [4.78, 5) is 11.7. The number of rotatable bonds is 5. The lowest BCUT2D eigenvalue weighted by Crippen LogP contribution is -2.32. The third-order valence-corrected chi connectivity index (χ3v) is 3.17. The first-order chi connectivity index (χ1) is 7.38. The van der Waals surface area contributed by atoms with E-state index in [-0.39, 0.29) is 11.3 Å². The second kappa shape index (κ2) is 5.60. The monoisotopic (exact) mass is 283 g/mol. The smallest absolute Gasteiger partial charge is 0.137 e. The van der Waals surface area contributed by atoms with E-state index < -0.39 is 0 Å². The highest BCUT2D eigenvalue weighted by molar-refractivity contribution is 9.10. The number of nitrogens with two attached hydrogens (primary N) is 1. The molecule has 2 N–H and O–H groups in total. The van der Waals surface area contributed by atoms with E-state index in [0.717, 1.165) is 16.5 Å². The van der Waals surface area contributed by atoms with Crippen LogP contribution in [0.3, 0.4) is 0 Å². The van der Waals surface area contributed by atoms with Crippen LogP contribution in [0, 0.1) is 0 Å². The Balaban J connectivity index is 2.50. The molecule has 0 spiro atoms. The molecule has 0 heterocycles. The molecule has 1 aromatic carbocycles. The molecule has 0 saturated carbocycles. The molecule has 16 heavy (non-hydrogen) atoms. The zero-order chi connectivity index (χ0) is 12.2. The first-order valence-corrected chi connectivity index (χ1v) is 6.22. The summed E-state index contributed by atoms with van der Waals surface area (Å²) in [5.41, 5.74) is 6.63. The molecule has 0 amide bonds. The van der Waals surface area contributed by atoms with E-state index >= 15 is 0 Å². The lowest BCUT2D eigenvalue weighted by molar-refractivity contribution is -0.118. The number of Topliss-reactive ketones (excluding diaryl/α,β-unsaturated/α-hetero) is 1. The molecule has 0 saturated heterocycles. The van der Waals surface area contributed by atoms with Gasteiger partial charge in [-0.05, 0) is 31.9 Å². The van der Waals surface area contributed by atoms with Crippen LogP contribution in [0.25, 0.3) is 0 Å². The molecule has 0 aliphatic heterocycles. The SMILES string of the molecule is CC(C)(N)CCC(=O)Cc1ccccc1Br. The number of ketones is 1. The van der Waals surface area contributed by atoms with Crippen LogP contribution < -0.4 is 5.73 Å². The Morgan fingerprint density at radius 3 is 2.56 bits per heavy atom. The van der Waals surface area contributed by atoms with E-state index in [1.54, 1.807) is 0 Å². The molecule has 0 aliphatic carbocycles. The lowest BCUT2D eigenvalue weighted by atomic mass is 9.96. The van der Waals surface area contributed by atoms with Gasteiger partial charge in [-0.3, -0.25) is 4.79 Å². The number of carbonyl (C=O) groups is 1. The molecule has 0 bridgehead atoms. The minimum Gasteiger partial charge on any atom is -0.326 e. The van der Waals surface area contributed by atoms with Gasteiger partial charge in [0.15, 0.2) is 0 Å². The zero-order valence-electron chi connectivity index (χ0n) is 9.79. The highest BCUT2D eigenvalue weighted by Gasteiger charge is 2.14. The van der Waals surface area contributed by atoms with Gasteiger partial charge in [0.2, 0.25) is 0 Å². The van der Waals surface area contributed by atoms with Crippen molar-refractivity contribution in [1.82, 2.24) is 0 Å². The summed E-state index contributed by atoms with van der Waals surface area (Å²) >= 11 is 3.44. The van der Waals surface area contributed by atoms with Crippen molar-refractivity contribution in [1.29, 1.82) is 0 Å². The van der Waals surface area contributed by atoms with Crippen molar-refractivity contribution in [3.63, 3.8) is 0 Å². The molecular weight excluding hydrogens is 266 g/mol. The predicted molar refractivity (Wildman–Crippen MR) is 70.4 cm³/mol. The number of carbonyl (C=O) groups excluding carboxylic acids is 1. The minimum atomic E-state index is -0.260. The Kier molecular flexibility index (Phi) is 4.69. The van der Waals surface area contributed by atoms with Crippen LogP contribution in [0.15, 0.2) is 28.7 Å². The standard InChI is InChI=1S/C13H18BrNO/c1-13(2,15)8-7-11(16)9-10-5-3-4-6-12(10)14/h3-6H,7-9,15H2,1-2H3. The molecule has 88 valence electrons. The summed E-state index contributed by atoms with van der Waals surface area (Å²) in [6.45, 7) is 3.89. The Labute approximate surface area is 105 Å². The van der Waals surface area contributed by atoms with E-state index in [0.29, 0.717) is 12.8 Å². The lowest BCUT2D eigenvalue weighted by Gasteiger charge is -2.17. The van der Waals surface area contributed by atoms with Crippen LogP contribution in [-0.4, -0.2) is 11.3 Å². The zero-order valence-corrected chi connectivity index (χ0v) is 11.4. The number of hydrogen-bond acceptors (Lipinski definition) is 2. The third-order valence-electron chi connectivity index (χ3n) is 2.39. The molecule has 0 unspecified atom stereocenters. The summed E-state index contributed by atoms with van der Waals surface area (Å²) in [6.07, 6.45) is 1.76. The van der Waals surface area contributed by atoms with Crippen molar-refractivity contribution in [3.05, 3.63) is 34.3 Å². The van der Waals surface area contributed by atoms with Gasteiger partial charge in [0, 0.05) is 22.9 Å². The highest BCUT2D eigenvalue weighted by Crippen LogP contribution is 2.18. The van der Waals surface area contributed by atoms with Gasteiger partial charge in [0.25, 0.3) is 0 Å². The van der Waals surface area contributed by atoms with Crippen molar-refractivity contribution < 1.29 is 4.79 Å². The van der Waals surface area contributed by atoms with Crippen molar-refractivity contribution in [3.8, 4) is 0 Å². The minimum absolute atomic E-state index is 0.241. The molecule has 0 aromatic heterocycles. The van der Waals surface area contributed by atoms with Crippen LogP contribution in [0.4, 0.5) is 0 Å². The Hall–Kier alpha value is -0.670. The summed E-state index contributed by atoms with van der Waals surface area (Å²) in [5, 5.41) is 0. The normalized spacial score (nSPS) is 11.5. The number of halogens is 1. The van der Waals surface area contributed by atoms with Crippen LogP contribution in [0.5, 0.6) is 0 Å². The topological polar surface area (TPSA) is 43.1 Å². The molecule has 0 atom stereocenters. The number of hydrogen-bond donors (Lipinski definition) is 1. The van der Waals surface area contributed by atoms with Crippen LogP contribution >= 0.6 is 15.9 Å². The fraction of sp³-hybridized carbons (Fsp3) is 0.462. The molecule has 0 fully saturated rings. The summed E-state index contributed by atoms with van der Waals surface area (Å²) in [7, 11) is 0. The van der Waals surface area contributed by atoms with Crippen molar-refractivity contribution in [2.45, 2.75) is 38.6 Å². The summed E-state index contributed by atoms with van der Waals surface area (Å²) < 4.78 is 0.996. The van der Waals surface area contributed by atoms with Crippen molar-refractivity contribution >= 4 is 21.7 Å². The van der Waals surface area contributed by atoms with Gasteiger partial charge < -0.3 is 5.73 Å². The quantitative estimate of drug-likeness (QED) is 0.903. The fourth-order valence-corrected chi connectivity index (χ4v) is 1.83. The van der Waals surface area contributed by atoms with Crippen molar-refractivity contribution in [2.75, 3.05) is 0 Å². The van der Waals surface area contributed by atoms with Crippen LogP contribution in [-0.2, 0) is 11.2 Å². The molecule has 2 nitrogen and oxygen atoms in total. The molecule has 0 radical (unpaired) electrons. The van der Waals surface area contributed by atoms with Crippen molar-refractivity contribution in [2.24, 2.45) is 5.73 Å². The average Bonchev–Trinajstić information content (AvgIpc) is 2.18. The Morgan fingerprint density at radius 1 is 1.38 bits per heavy atom. The van der Waals surface area contributed by atoms with Gasteiger partial charge >= 0.3 is 0 Å². The van der Waals surface area contributed by atoms with Gasteiger partial charge in [-0.1, -0.05) is 34.1 Å². The van der Waals surface area contributed by atoms with Gasteiger partial charge in [-0.15, -0.1) is 0 Å². The van der Waals surface area contributed by atoms with Crippen LogP contribution in [0.1, 0.15) is 32.3 Å². The maximum absolute atomic E-state index is 11.7. The first-order valence-electron chi connectivity index (χ1n) is 5.42. The van der Waals surface area contributed by atoms with Gasteiger partial charge in [0.1, 0.15) is 5.78 Å². The second-order valence-electron chi connectivity index (χ2n) is 4.80. The van der Waals surface area contributed by atoms with E-state index in [1.807, 2.05) is 38.1 Å². The number of benzene rings is 1. The van der Waals surface area contributed by atoms with E-state index in [2.05, 4.69) is 15.9 Å². The average molecular weight is 284 g/mol. The maximum atomic E-state index is 11.7. The van der Waals surface area contributed by atoms with E-state index in [1.165, 1.54) is 0 Å². The summed E-state index contributed by atoms with van der Waals surface area (Å²) in [6, 6.07) is 7.81. The Bertz CT molecular complexity index is 368. The van der Waals surface area contributed by atoms with Gasteiger partial charge in [0.05, 0.1) is 0 Å². The molecule has 1 aromatic rings. The Morgan fingerprint density at radius 2 is 2.00 bits per heavy atom. The largest absolute Gasteiger partial charge is 0.326 e. The first kappa shape index (κ1) is 13.4. The second-order valence-corrected chi connectivity index (χ2v) is 5.65. The molecule has 3 heteroatoms. The van der Waals surface area contributed by atoms with Crippen LogP contribution in [0.2, 0.25) is 0 Å². The summed E-state index contributed by atoms with van der Waals surface area (Å²) in [5.74, 6) is 0.241.